The lowest BCUT2D eigenvalue weighted by molar-refractivity contribution is -0.142. The summed E-state index contributed by atoms with van der Waals surface area (Å²) < 4.78 is 47.2. The van der Waals surface area contributed by atoms with Crippen molar-refractivity contribution in [2.45, 2.75) is 4.90 Å². The molecule has 2 aromatic carbocycles. The lowest BCUT2D eigenvalue weighted by Crippen LogP contribution is -2.40. The van der Waals surface area contributed by atoms with Gasteiger partial charge in [0.1, 0.15) is 11.5 Å². The fourth-order valence-corrected chi connectivity index (χ4v) is 4.55. The first-order valence-corrected chi connectivity index (χ1v) is 11.8. The minimum Gasteiger partial charge on any atom is -0.497 e. The third-order valence-electron chi connectivity index (χ3n) is 4.93. The van der Waals surface area contributed by atoms with Gasteiger partial charge in [0.2, 0.25) is 10.0 Å². The molecule has 11 heteroatoms. The smallest absolute Gasteiger partial charge is 0.331 e. The van der Waals surface area contributed by atoms with Gasteiger partial charge in [0.15, 0.2) is 6.61 Å². The monoisotopic (exact) mass is 490 g/mol. The molecule has 1 heterocycles. The van der Waals surface area contributed by atoms with Crippen molar-refractivity contribution in [3.63, 3.8) is 0 Å². The van der Waals surface area contributed by atoms with Gasteiger partial charge in [0.25, 0.3) is 5.91 Å². The maximum absolute atomic E-state index is 12.6. The second kappa shape index (κ2) is 11.6. The molecule has 10 nitrogen and oxygen atoms in total. The van der Waals surface area contributed by atoms with Crippen molar-refractivity contribution in [2.24, 2.45) is 0 Å². The zero-order valence-corrected chi connectivity index (χ0v) is 19.7. The average Bonchev–Trinajstić information content (AvgIpc) is 2.87. The predicted octanol–water partition coefficient (Wildman–Crippen LogP) is 1.92. The fourth-order valence-electron chi connectivity index (χ4n) is 3.14. The van der Waals surface area contributed by atoms with Gasteiger partial charge in [-0.1, -0.05) is 0 Å². The molecule has 182 valence electrons. The molecule has 2 aromatic rings. The summed E-state index contributed by atoms with van der Waals surface area (Å²) in [4.78, 5) is 24.2. The van der Waals surface area contributed by atoms with Crippen molar-refractivity contribution >= 4 is 33.7 Å². The second-order valence-electron chi connectivity index (χ2n) is 7.14. The number of rotatable bonds is 9. The SMILES string of the molecule is COc1ccc(/C=C/C(=O)OCC(=O)Nc2ccc(S(=O)(=O)N3CCOCC3)cc2)c(OC)c1. The van der Waals surface area contributed by atoms with E-state index in [4.69, 9.17) is 18.9 Å². The number of sulfonamides is 1. The van der Waals surface area contributed by atoms with Crippen LogP contribution >= 0.6 is 0 Å². The molecule has 0 aliphatic carbocycles. The van der Waals surface area contributed by atoms with Gasteiger partial charge < -0.3 is 24.3 Å². The minimum absolute atomic E-state index is 0.123. The van der Waals surface area contributed by atoms with Crippen molar-refractivity contribution in [3.8, 4) is 11.5 Å². The van der Waals surface area contributed by atoms with Crippen LogP contribution in [0.5, 0.6) is 11.5 Å². The second-order valence-corrected chi connectivity index (χ2v) is 9.08. The van der Waals surface area contributed by atoms with E-state index in [9.17, 15) is 18.0 Å². The highest BCUT2D eigenvalue weighted by Crippen LogP contribution is 2.25. The number of nitrogens with zero attached hydrogens (tertiary/aromatic N) is 1. The van der Waals surface area contributed by atoms with Crippen LogP contribution in [-0.4, -0.2) is 71.7 Å². The van der Waals surface area contributed by atoms with E-state index in [1.54, 1.807) is 18.2 Å². The van der Waals surface area contributed by atoms with Gasteiger partial charge in [-0.05, 0) is 42.5 Å². The van der Waals surface area contributed by atoms with Crippen molar-refractivity contribution in [2.75, 3.05) is 52.4 Å². The Morgan fingerprint density at radius 3 is 2.41 bits per heavy atom. The average molecular weight is 491 g/mol. The van der Waals surface area contributed by atoms with Crippen LogP contribution < -0.4 is 14.8 Å². The van der Waals surface area contributed by atoms with Crippen molar-refractivity contribution in [1.82, 2.24) is 4.31 Å². The first-order valence-electron chi connectivity index (χ1n) is 10.4. The first-order chi connectivity index (χ1) is 16.3. The Morgan fingerprint density at radius 1 is 1.06 bits per heavy atom. The van der Waals surface area contributed by atoms with E-state index >= 15 is 0 Å². The summed E-state index contributed by atoms with van der Waals surface area (Å²) in [5.74, 6) is -0.146. The number of benzene rings is 2. The molecule has 0 bridgehead atoms. The van der Waals surface area contributed by atoms with Crippen LogP contribution in [0.4, 0.5) is 5.69 Å². The molecule has 1 N–H and O–H groups in total. The molecule has 1 fully saturated rings. The standard InChI is InChI=1S/C23H26N2O8S/c1-30-19-7-3-17(21(15-19)31-2)4-10-23(27)33-16-22(26)24-18-5-8-20(9-6-18)34(28,29)25-11-13-32-14-12-25/h3-10,15H,11-14,16H2,1-2H3,(H,24,26)/b10-4+. The lowest BCUT2D eigenvalue weighted by Gasteiger charge is -2.26. The van der Waals surface area contributed by atoms with E-state index in [-0.39, 0.29) is 4.90 Å². The molecule has 0 radical (unpaired) electrons. The number of hydrogen-bond donors (Lipinski definition) is 1. The highest BCUT2D eigenvalue weighted by molar-refractivity contribution is 7.89. The van der Waals surface area contributed by atoms with Crippen LogP contribution in [0.15, 0.2) is 53.4 Å². The number of nitrogens with one attached hydrogen (secondary N) is 1. The molecular formula is C23H26N2O8S. The van der Waals surface area contributed by atoms with Gasteiger partial charge >= 0.3 is 5.97 Å². The summed E-state index contributed by atoms with van der Waals surface area (Å²) in [6.07, 6.45) is 2.69. The number of carbonyl (C=O) groups excluding carboxylic acids is 2. The van der Waals surface area contributed by atoms with Crippen LogP contribution in [-0.2, 0) is 29.1 Å². The highest BCUT2D eigenvalue weighted by Gasteiger charge is 2.26. The zero-order chi connectivity index (χ0) is 24.6. The van der Waals surface area contributed by atoms with Crippen LogP contribution in [0, 0.1) is 0 Å². The molecule has 0 atom stereocenters. The van der Waals surface area contributed by atoms with Crippen molar-refractivity contribution in [3.05, 3.63) is 54.1 Å². The van der Waals surface area contributed by atoms with Gasteiger partial charge in [-0.25, -0.2) is 13.2 Å². The van der Waals surface area contributed by atoms with Gasteiger partial charge in [0, 0.05) is 36.5 Å². The Labute approximate surface area is 198 Å². The quantitative estimate of drug-likeness (QED) is 0.418. The van der Waals surface area contributed by atoms with E-state index in [0.717, 1.165) is 0 Å². The van der Waals surface area contributed by atoms with Crippen molar-refractivity contribution in [1.29, 1.82) is 0 Å². The number of ether oxygens (including phenoxy) is 4. The Bertz CT molecular complexity index is 1140. The number of anilines is 1. The Balaban J connectivity index is 1.51. The number of methoxy groups -OCH3 is 2. The summed E-state index contributed by atoms with van der Waals surface area (Å²) >= 11 is 0. The minimum atomic E-state index is -3.62. The normalized spacial score (nSPS) is 14.5. The van der Waals surface area contributed by atoms with Crippen LogP contribution in [0.25, 0.3) is 6.08 Å². The fraction of sp³-hybridized carbons (Fsp3) is 0.304. The lowest BCUT2D eigenvalue weighted by atomic mass is 10.2. The summed E-state index contributed by atoms with van der Waals surface area (Å²) in [5, 5.41) is 2.56. The van der Waals surface area contributed by atoms with Crippen LogP contribution in [0.3, 0.4) is 0 Å². The van der Waals surface area contributed by atoms with Gasteiger partial charge in [-0.2, -0.15) is 4.31 Å². The summed E-state index contributed by atoms with van der Waals surface area (Å²) in [5.41, 5.74) is 1.01. The number of carbonyl (C=O) groups is 2. The summed E-state index contributed by atoms with van der Waals surface area (Å²) in [7, 11) is -0.584. The molecule has 0 saturated carbocycles. The van der Waals surface area contributed by atoms with Crippen molar-refractivity contribution < 1.29 is 37.0 Å². The predicted molar refractivity (Wildman–Crippen MR) is 124 cm³/mol. The van der Waals surface area contributed by atoms with Crippen LogP contribution in [0.1, 0.15) is 5.56 Å². The molecule has 1 aliphatic rings. The third-order valence-corrected chi connectivity index (χ3v) is 6.84. The molecular weight excluding hydrogens is 464 g/mol. The van der Waals surface area contributed by atoms with Crippen LogP contribution in [0.2, 0.25) is 0 Å². The molecule has 0 aromatic heterocycles. The van der Waals surface area contributed by atoms with E-state index in [0.29, 0.717) is 49.1 Å². The maximum Gasteiger partial charge on any atom is 0.331 e. The maximum atomic E-state index is 12.6. The molecule has 0 unspecified atom stereocenters. The molecule has 34 heavy (non-hydrogen) atoms. The van der Waals surface area contributed by atoms with Gasteiger partial charge in [-0.15, -0.1) is 0 Å². The molecule has 1 aliphatic heterocycles. The number of hydrogen-bond acceptors (Lipinski definition) is 8. The number of amides is 1. The summed E-state index contributed by atoms with van der Waals surface area (Å²) in [6, 6.07) is 10.9. The zero-order valence-electron chi connectivity index (χ0n) is 18.9. The topological polar surface area (TPSA) is 120 Å². The molecule has 3 rings (SSSR count). The van der Waals surface area contributed by atoms with Gasteiger partial charge in [-0.3, -0.25) is 4.79 Å². The highest BCUT2D eigenvalue weighted by atomic mass is 32.2. The van der Waals surface area contributed by atoms with E-state index < -0.39 is 28.5 Å². The Morgan fingerprint density at radius 2 is 1.76 bits per heavy atom. The number of morpholine rings is 1. The van der Waals surface area contributed by atoms with E-state index in [1.807, 2.05) is 0 Å². The van der Waals surface area contributed by atoms with E-state index in [2.05, 4.69) is 5.32 Å². The van der Waals surface area contributed by atoms with Gasteiger partial charge in [0.05, 0.1) is 32.3 Å². The molecule has 1 amide bonds. The molecule has 0 spiro atoms. The Kier molecular flexibility index (Phi) is 8.63. The third kappa shape index (κ3) is 6.56. The molecule has 1 saturated heterocycles. The first kappa shape index (κ1) is 25.2. The van der Waals surface area contributed by atoms with E-state index in [1.165, 1.54) is 54.9 Å². The number of esters is 1. The Hall–Kier alpha value is -3.41. The summed E-state index contributed by atoms with van der Waals surface area (Å²) in [6.45, 7) is 0.804. The largest absolute Gasteiger partial charge is 0.497 e.